The van der Waals surface area contributed by atoms with Crippen LogP contribution in [0.4, 0.5) is 0 Å². The van der Waals surface area contributed by atoms with Crippen LogP contribution in [0.3, 0.4) is 0 Å². The van der Waals surface area contributed by atoms with Crippen LogP contribution in [0.25, 0.3) is 5.69 Å². The molecule has 2 aromatic carbocycles. The molecule has 7 nitrogen and oxygen atoms in total. The lowest BCUT2D eigenvalue weighted by Crippen LogP contribution is -2.37. The van der Waals surface area contributed by atoms with E-state index >= 15 is 0 Å². The second-order valence-electron chi connectivity index (χ2n) is 7.69. The van der Waals surface area contributed by atoms with Crippen LogP contribution in [0.2, 0.25) is 0 Å². The topological polar surface area (TPSA) is 71.3 Å². The molecule has 0 N–H and O–H groups in total. The normalized spacial score (nSPS) is 14.5. The van der Waals surface area contributed by atoms with Gasteiger partial charge >= 0.3 is 0 Å². The maximum atomic E-state index is 12.9. The lowest BCUT2D eigenvalue weighted by Gasteiger charge is -2.21. The molecule has 1 aromatic heterocycles. The number of nitrogens with zero attached hydrogens (tertiary/aromatic N) is 5. The van der Waals surface area contributed by atoms with E-state index in [1.807, 2.05) is 67.3 Å². The Morgan fingerprint density at radius 3 is 2.23 bits per heavy atom. The Balaban J connectivity index is 1.42. The van der Waals surface area contributed by atoms with Crippen molar-refractivity contribution in [3.05, 3.63) is 77.1 Å². The van der Waals surface area contributed by atoms with E-state index in [2.05, 4.69) is 10.3 Å². The summed E-state index contributed by atoms with van der Waals surface area (Å²) in [6, 6.07) is 15.5. The van der Waals surface area contributed by atoms with Crippen molar-refractivity contribution in [3.63, 3.8) is 0 Å². The van der Waals surface area contributed by atoms with Crippen LogP contribution >= 0.6 is 0 Å². The standard InChI is InChI=1S/C23H25N5O2/c1-17-7-9-20(10-8-17)28-16-21(24-25-28)23(30)27-12-4-11-26(13-14-27)22(29)19-6-3-5-18(2)15-19/h3,5-10,15-16H,4,11-14H2,1-2H3. The summed E-state index contributed by atoms with van der Waals surface area (Å²) < 4.78 is 1.61. The van der Waals surface area contributed by atoms with Gasteiger partial charge in [0.15, 0.2) is 5.69 Å². The highest BCUT2D eigenvalue weighted by atomic mass is 16.2. The molecule has 154 valence electrons. The Bertz CT molecular complexity index is 1060. The maximum Gasteiger partial charge on any atom is 0.276 e. The van der Waals surface area contributed by atoms with Crippen LogP contribution in [0.5, 0.6) is 0 Å². The minimum absolute atomic E-state index is 0.0123. The first kappa shape index (κ1) is 19.8. The smallest absolute Gasteiger partial charge is 0.276 e. The van der Waals surface area contributed by atoms with Crippen molar-refractivity contribution < 1.29 is 9.59 Å². The van der Waals surface area contributed by atoms with Crippen molar-refractivity contribution in [2.75, 3.05) is 26.2 Å². The van der Waals surface area contributed by atoms with E-state index in [1.54, 1.807) is 15.8 Å². The van der Waals surface area contributed by atoms with E-state index in [0.717, 1.165) is 23.2 Å². The quantitative estimate of drug-likeness (QED) is 0.674. The zero-order chi connectivity index (χ0) is 21.1. The van der Waals surface area contributed by atoms with E-state index < -0.39 is 0 Å². The molecule has 2 heterocycles. The molecule has 0 aliphatic carbocycles. The van der Waals surface area contributed by atoms with Gasteiger partial charge in [0, 0.05) is 31.7 Å². The second-order valence-corrected chi connectivity index (χ2v) is 7.69. The van der Waals surface area contributed by atoms with Gasteiger partial charge in [0.25, 0.3) is 11.8 Å². The number of aryl methyl sites for hydroxylation is 2. The highest BCUT2D eigenvalue weighted by molar-refractivity contribution is 5.95. The molecule has 4 rings (SSSR count). The van der Waals surface area contributed by atoms with Gasteiger partial charge in [0.05, 0.1) is 11.9 Å². The molecule has 30 heavy (non-hydrogen) atoms. The van der Waals surface area contributed by atoms with Gasteiger partial charge in [-0.15, -0.1) is 5.10 Å². The van der Waals surface area contributed by atoms with Gasteiger partial charge in [-0.2, -0.15) is 0 Å². The predicted octanol–water partition coefficient (Wildman–Crippen LogP) is 2.87. The van der Waals surface area contributed by atoms with E-state index in [-0.39, 0.29) is 11.8 Å². The molecule has 2 amide bonds. The maximum absolute atomic E-state index is 12.9. The van der Waals surface area contributed by atoms with Gasteiger partial charge in [-0.05, 0) is 44.5 Å². The molecular formula is C23H25N5O2. The first-order valence-electron chi connectivity index (χ1n) is 10.2. The van der Waals surface area contributed by atoms with Crippen LogP contribution in [0.1, 0.15) is 38.4 Å². The summed E-state index contributed by atoms with van der Waals surface area (Å²) in [5, 5.41) is 8.17. The van der Waals surface area contributed by atoms with Gasteiger partial charge in [-0.25, -0.2) is 4.68 Å². The predicted molar refractivity (Wildman–Crippen MR) is 114 cm³/mol. The van der Waals surface area contributed by atoms with Crippen LogP contribution in [0.15, 0.2) is 54.7 Å². The molecule has 0 unspecified atom stereocenters. The third-order valence-corrected chi connectivity index (χ3v) is 5.35. The minimum Gasteiger partial charge on any atom is -0.337 e. The summed E-state index contributed by atoms with van der Waals surface area (Å²) in [7, 11) is 0. The Morgan fingerprint density at radius 1 is 0.833 bits per heavy atom. The largest absolute Gasteiger partial charge is 0.337 e. The SMILES string of the molecule is Cc1ccc(-n2cc(C(=O)N3CCCN(C(=O)c4cccc(C)c4)CC3)nn2)cc1. The van der Waals surface area contributed by atoms with Crippen molar-refractivity contribution in [3.8, 4) is 5.69 Å². The molecule has 7 heteroatoms. The molecular weight excluding hydrogens is 378 g/mol. The van der Waals surface area contributed by atoms with Crippen LogP contribution in [0, 0.1) is 13.8 Å². The summed E-state index contributed by atoms with van der Waals surface area (Å²) in [5.74, 6) is -0.142. The number of rotatable bonds is 3. The molecule has 1 saturated heterocycles. The zero-order valence-electron chi connectivity index (χ0n) is 17.3. The van der Waals surface area contributed by atoms with E-state index in [4.69, 9.17) is 0 Å². The van der Waals surface area contributed by atoms with Crippen LogP contribution in [-0.2, 0) is 0 Å². The van der Waals surface area contributed by atoms with Crippen molar-refractivity contribution in [2.45, 2.75) is 20.3 Å². The second kappa shape index (κ2) is 8.49. The average Bonchev–Trinajstić information content (AvgIpc) is 3.11. The third kappa shape index (κ3) is 4.25. The number of aromatic nitrogens is 3. The molecule has 0 saturated carbocycles. The molecule has 0 bridgehead atoms. The van der Waals surface area contributed by atoms with Gasteiger partial charge < -0.3 is 9.80 Å². The molecule has 1 aliphatic heterocycles. The van der Waals surface area contributed by atoms with Gasteiger partial charge in [-0.1, -0.05) is 40.6 Å². The highest BCUT2D eigenvalue weighted by Gasteiger charge is 2.25. The van der Waals surface area contributed by atoms with Gasteiger partial charge in [0.2, 0.25) is 0 Å². The van der Waals surface area contributed by atoms with Crippen LogP contribution < -0.4 is 0 Å². The monoisotopic (exact) mass is 403 g/mol. The number of amides is 2. The highest BCUT2D eigenvalue weighted by Crippen LogP contribution is 2.14. The fraction of sp³-hybridized carbons (Fsp3) is 0.304. The Labute approximate surface area is 175 Å². The molecule has 0 radical (unpaired) electrons. The van der Waals surface area contributed by atoms with Crippen molar-refractivity contribution in [1.29, 1.82) is 0 Å². The fourth-order valence-electron chi connectivity index (χ4n) is 3.63. The Hall–Kier alpha value is -3.48. The molecule has 0 spiro atoms. The van der Waals surface area contributed by atoms with Crippen molar-refractivity contribution in [2.24, 2.45) is 0 Å². The average molecular weight is 403 g/mol. The zero-order valence-corrected chi connectivity index (χ0v) is 17.3. The van der Waals surface area contributed by atoms with E-state index in [1.165, 1.54) is 0 Å². The summed E-state index contributed by atoms with van der Waals surface area (Å²) in [4.78, 5) is 29.4. The fourth-order valence-corrected chi connectivity index (χ4v) is 3.63. The van der Waals surface area contributed by atoms with Crippen LogP contribution in [-0.4, -0.2) is 62.8 Å². The number of hydrogen-bond acceptors (Lipinski definition) is 4. The lowest BCUT2D eigenvalue weighted by molar-refractivity contribution is 0.0715. The Kier molecular flexibility index (Phi) is 5.61. The summed E-state index contributed by atoms with van der Waals surface area (Å²) in [6.07, 6.45) is 2.39. The Morgan fingerprint density at radius 2 is 1.53 bits per heavy atom. The molecule has 0 atom stereocenters. The molecule has 1 aliphatic rings. The van der Waals surface area contributed by atoms with Gasteiger partial charge in [-0.3, -0.25) is 9.59 Å². The third-order valence-electron chi connectivity index (χ3n) is 5.35. The summed E-state index contributed by atoms with van der Waals surface area (Å²) in [6.45, 7) is 6.20. The van der Waals surface area contributed by atoms with Crippen molar-refractivity contribution in [1.82, 2.24) is 24.8 Å². The number of carbonyl (C=O) groups is 2. The number of carbonyl (C=O) groups excluding carboxylic acids is 2. The van der Waals surface area contributed by atoms with E-state index in [9.17, 15) is 9.59 Å². The van der Waals surface area contributed by atoms with Crippen molar-refractivity contribution >= 4 is 11.8 Å². The molecule has 3 aromatic rings. The first-order chi connectivity index (χ1) is 14.5. The van der Waals surface area contributed by atoms with Gasteiger partial charge in [0.1, 0.15) is 0 Å². The van der Waals surface area contributed by atoms with E-state index in [0.29, 0.717) is 37.4 Å². The summed E-state index contributed by atoms with van der Waals surface area (Å²) >= 11 is 0. The minimum atomic E-state index is -0.154. The molecule has 1 fully saturated rings. The lowest BCUT2D eigenvalue weighted by atomic mass is 10.1. The summed E-state index contributed by atoms with van der Waals surface area (Å²) in [5.41, 5.74) is 4.08. The number of hydrogen-bond donors (Lipinski definition) is 0. The number of benzene rings is 2. The first-order valence-corrected chi connectivity index (χ1v) is 10.2.